The number of thiazole rings is 1. The van der Waals surface area contributed by atoms with Crippen LogP contribution in [-0.2, 0) is 10.2 Å². The zero-order valence-corrected chi connectivity index (χ0v) is 16.3. The van der Waals surface area contributed by atoms with Crippen LogP contribution in [0.3, 0.4) is 0 Å². The van der Waals surface area contributed by atoms with Gasteiger partial charge in [-0.05, 0) is 34.6 Å². The fourth-order valence-corrected chi connectivity index (χ4v) is 3.11. The summed E-state index contributed by atoms with van der Waals surface area (Å²) in [6, 6.07) is 0. The lowest BCUT2D eigenvalue weighted by atomic mass is 9.98. The molecule has 0 aliphatic heterocycles. The molecule has 2 amide bonds. The van der Waals surface area contributed by atoms with Crippen molar-refractivity contribution in [3.63, 3.8) is 0 Å². The van der Waals surface area contributed by atoms with Gasteiger partial charge in [0.1, 0.15) is 4.88 Å². The molecule has 0 atom stereocenters. The van der Waals surface area contributed by atoms with Crippen LogP contribution in [0.4, 0.5) is 0 Å². The van der Waals surface area contributed by atoms with E-state index in [1.165, 1.54) is 11.3 Å². The second-order valence-electron chi connectivity index (χ2n) is 7.80. The zero-order valence-electron chi connectivity index (χ0n) is 15.5. The summed E-state index contributed by atoms with van der Waals surface area (Å²) >= 11 is 1.42. The quantitative estimate of drug-likeness (QED) is 0.917. The molecule has 0 spiro atoms. The Morgan fingerprint density at radius 1 is 1.17 bits per heavy atom. The van der Waals surface area contributed by atoms with Crippen molar-refractivity contribution in [1.82, 2.24) is 15.2 Å². The lowest BCUT2D eigenvalue weighted by Crippen LogP contribution is -2.47. The molecule has 0 saturated heterocycles. The third-order valence-corrected chi connectivity index (χ3v) is 4.72. The van der Waals surface area contributed by atoms with Crippen LogP contribution in [0.2, 0.25) is 0 Å². The summed E-state index contributed by atoms with van der Waals surface area (Å²) in [5.74, 6) is -0.270. The highest BCUT2D eigenvalue weighted by Crippen LogP contribution is 2.29. The fraction of sp³-hybridized carbons (Fsp3) is 0.706. The minimum Gasteiger partial charge on any atom is -0.350 e. The molecule has 0 unspecified atom stereocenters. The number of hydrogen-bond acceptors (Lipinski definition) is 4. The molecule has 0 saturated carbocycles. The van der Waals surface area contributed by atoms with E-state index < -0.39 is 0 Å². The lowest BCUT2D eigenvalue weighted by molar-refractivity contribution is -0.123. The number of aryl methyl sites for hydroxylation is 1. The third-order valence-electron chi connectivity index (χ3n) is 3.15. The number of likely N-dealkylation sites (N-methyl/N-ethyl adjacent to an activating group) is 1. The van der Waals surface area contributed by atoms with Crippen LogP contribution in [0, 0.1) is 6.92 Å². The molecule has 0 fully saturated rings. The highest BCUT2D eigenvalue weighted by atomic mass is 32.1. The molecule has 0 aliphatic rings. The molecule has 1 N–H and O–H groups in total. The number of nitrogens with one attached hydrogen (secondary N) is 1. The average molecular weight is 340 g/mol. The van der Waals surface area contributed by atoms with Crippen LogP contribution in [0.1, 0.15) is 68.8 Å². The van der Waals surface area contributed by atoms with Crippen LogP contribution >= 0.6 is 11.3 Å². The summed E-state index contributed by atoms with van der Waals surface area (Å²) < 4.78 is 0. The summed E-state index contributed by atoms with van der Waals surface area (Å²) in [6.45, 7) is 16.3. The molecule has 1 aromatic heterocycles. The average Bonchev–Trinajstić information content (AvgIpc) is 2.75. The van der Waals surface area contributed by atoms with Gasteiger partial charge < -0.3 is 10.2 Å². The largest absolute Gasteiger partial charge is 0.350 e. The van der Waals surface area contributed by atoms with Crippen molar-refractivity contribution in [2.45, 2.75) is 66.3 Å². The van der Waals surface area contributed by atoms with E-state index in [1.807, 2.05) is 34.6 Å². The second-order valence-corrected chi connectivity index (χ2v) is 8.80. The van der Waals surface area contributed by atoms with Gasteiger partial charge in [0, 0.05) is 17.5 Å². The molecule has 0 aromatic carbocycles. The molecule has 23 heavy (non-hydrogen) atoms. The van der Waals surface area contributed by atoms with Crippen LogP contribution < -0.4 is 5.32 Å². The molecule has 130 valence electrons. The van der Waals surface area contributed by atoms with E-state index >= 15 is 0 Å². The predicted molar refractivity (Wildman–Crippen MR) is 95.0 cm³/mol. The Hall–Kier alpha value is -1.43. The first-order chi connectivity index (χ1) is 10.3. The van der Waals surface area contributed by atoms with E-state index in [4.69, 9.17) is 0 Å². The molecular weight excluding hydrogens is 310 g/mol. The minimum atomic E-state index is -0.306. The maximum atomic E-state index is 12.8. The Kier molecular flexibility index (Phi) is 5.96. The molecule has 0 aliphatic carbocycles. The van der Waals surface area contributed by atoms with E-state index in [0.29, 0.717) is 11.4 Å². The van der Waals surface area contributed by atoms with Gasteiger partial charge in [0.05, 0.1) is 17.2 Å². The number of amides is 2. The number of aromatic nitrogens is 1. The number of hydrogen-bond donors (Lipinski definition) is 1. The highest BCUT2D eigenvalue weighted by Gasteiger charge is 2.26. The van der Waals surface area contributed by atoms with Gasteiger partial charge >= 0.3 is 0 Å². The number of carbonyl (C=O) groups excluding carboxylic acids is 2. The summed E-state index contributed by atoms with van der Waals surface area (Å²) in [4.78, 5) is 31.6. The number of rotatable bonds is 4. The molecule has 1 rings (SSSR count). The normalized spacial score (nSPS) is 12.2. The monoisotopic (exact) mass is 339 g/mol. The first-order valence-corrected chi connectivity index (χ1v) is 8.75. The SMILES string of the molecule is CCN(CC(=O)NC(C)(C)C)C(=O)c1sc(C(C)(C)C)nc1C. The van der Waals surface area contributed by atoms with Crippen molar-refractivity contribution in [2.75, 3.05) is 13.1 Å². The standard InChI is InChI=1S/C17H29N3O2S/c1-9-20(10-12(21)19-17(6,7)8)14(22)13-11(2)18-15(23-13)16(3,4)5/h9-10H2,1-8H3,(H,19,21). The molecule has 0 bridgehead atoms. The Balaban J connectivity index is 2.93. The number of nitrogens with zero attached hydrogens (tertiary/aromatic N) is 2. The maximum absolute atomic E-state index is 12.8. The van der Waals surface area contributed by atoms with Crippen LogP contribution in [-0.4, -0.2) is 40.3 Å². The van der Waals surface area contributed by atoms with Gasteiger partial charge in [-0.15, -0.1) is 11.3 Å². The van der Waals surface area contributed by atoms with Crippen LogP contribution in [0.25, 0.3) is 0 Å². The molecule has 0 radical (unpaired) electrons. The van der Waals surface area contributed by atoms with Crippen molar-refractivity contribution in [3.8, 4) is 0 Å². The topological polar surface area (TPSA) is 62.3 Å². The van der Waals surface area contributed by atoms with Gasteiger partial charge in [0.15, 0.2) is 0 Å². The predicted octanol–water partition coefficient (Wildman–Crippen LogP) is 3.13. The third kappa shape index (κ3) is 5.61. The van der Waals surface area contributed by atoms with Gasteiger partial charge in [-0.2, -0.15) is 0 Å². The van der Waals surface area contributed by atoms with Gasteiger partial charge in [0.25, 0.3) is 5.91 Å². The Morgan fingerprint density at radius 3 is 2.13 bits per heavy atom. The van der Waals surface area contributed by atoms with Crippen molar-refractivity contribution in [2.24, 2.45) is 0 Å². The van der Waals surface area contributed by atoms with Crippen molar-refractivity contribution in [3.05, 3.63) is 15.6 Å². The van der Waals surface area contributed by atoms with Gasteiger partial charge in [-0.3, -0.25) is 9.59 Å². The van der Waals surface area contributed by atoms with E-state index in [0.717, 1.165) is 10.7 Å². The number of carbonyl (C=O) groups is 2. The van der Waals surface area contributed by atoms with Crippen LogP contribution in [0.5, 0.6) is 0 Å². The van der Waals surface area contributed by atoms with Crippen molar-refractivity contribution < 1.29 is 9.59 Å². The smallest absolute Gasteiger partial charge is 0.266 e. The van der Waals surface area contributed by atoms with Crippen molar-refractivity contribution >= 4 is 23.2 Å². The first-order valence-electron chi connectivity index (χ1n) is 7.93. The molecule has 1 aromatic rings. The van der Waals surface area contributed by atoms with E-state index in [-0.39, 0.29) is 29.3 Å². The van der Waals surface area contributed by atoms with Crippen LogP contribution in [0.15, 0.2) is 0 Å². The Morgan fingerprint density at radius 2 is 1.74 bits per heavy atom. The summed E-state index contributed by atoms with van der Waals surface area (Å²) in [5, 5.41) is 3.83. The summed E-state index contributed by atoms with van der Waals surface area (Å²) in [5.41, 5.74) is 0.341. The molecule has 1 heterocycles. The van der Waals surface area contributed by atoms with E-state index in [2.05, 4.69) is 31.1 Å². The summed E-state index contributed by atoms with van der Waals surface area (Å²) in [6.07, 6.45) is 0. The maximum Gasteiger partial charge on any atom is 0.266 e. The Labute approximate surface area is 143 Å². The Bertz CT molecular complexity index is 580. The molecular formula is C17H29N3O2S. The highest BCUT2D eigenvalue weighted by molar-refractivity contribution is 7.14. The summed E-state index contributed by atoms with van der Waals surface area (Å²) in [7, 11) is 0. The minimum absolute atomic E-state index is 0.0643. The van der Waals surface area contributed by atoms with Crippen molar-refractivity contribution in [1.29, 1.82) is 0 Å². The molecule has 5 nitrogen and oxygen atoms in total. The molecule has 6 heteroatoms. The van der Waals surface area contributed by atoms with E-state index in [1.54, 1.807) is 4.90 Å². The lowest BCUT2D eigenvalue weighted by Gasteiger charge is -2.24. The first kappa shape index (κ1) is 19.6. The van der Waals surface area contributed by atoms with Gasteiger partial charge in [-0.1, -0.05) is 20.8 Å². The second kappa shape index (κ2) is 6.99. The fourth-order valence-electron chi connectivity index (χ4n) is 2.02. The zero-order chi connectivity index (χ0) is 18.0. The van der Waals surface area contributed by atoms with Gasteiger partial charge in [-0.25, -0.2) is 4.98 Å². The van der Waals surface area contributed by atoms with Gasteiger partial charge in [0.2, 0.25) is 5.91 Å². The van der Waals surface area contributed by atoms with E-state index in [9.17, 15) is 9.59 Å².